The highest BCUT2D eigenvalue weighted by Crippen LogP contribution is 2.25. The minimum atomic E-state index is 0. The van der Waals surface area contributed by atoms with Crippen LogP contribution in [0.4, 0.5) is 0 Å². The van der Waals surface area contributed by atoms with E-state index < -0.39 is 0 Å². The quantitative estimate of drug-likeness (QED) is 0.522. The molecule has 0 atom stereocenters. The molecule has 0 aromatic heterocycles. The first-order chi connectivity index (χ1) is 11.1. The van der Waals surface area contributed by atoms with Crippen molar-refractivity contribution < 1.29 is 4.74 Å². The molecule has 24 heavy (non-hydrogen) atoms. The lowest BCUT2D eigenvalue weighted by Crippen LogP contribution is -2.44. The first kappa shape index (κ1) is 21.0. The fourth-order valence-corrected chi connectivity index (χ4v) is 3.24. The molecule has 4 heteroatoms. The zero-order chi connectivity index (χ0) is 16.7. The smallest absolute Gasteiger partial charge is 0.125 e. The maximum absolute atomic E-state index is 6.05. The number of allylic oxidation sites excluding steroid dienone is 1. The number of aryl methyl sites for hydroxylation is 2. The largest absolute Gasteiger partial charge is 0.493 e. The molecule has 0 N–H and O–H groups in total. The van der Waals surface area contributed by atoms with Crippen molar-refractivity contribution in [3.05, 3.63) is 41.5 Å². The van der Waals surface area contributed by atoms with E-state index in [4.69, 9.17) is 4.74 Å². The van der Waals surface area contributed by atoms with E-state index in [1.54, 1.807) is 0 Å². The summed E-state index contributed by atoms with van der Waals surface area (Å²) in [6.07, 6.45) is 5.22. The molecule has 0 amide bonds. The Morgan fingerprint density at radius 1 is 1.08 bits per heavy atom. The van der Waals surface area contributed by atoms with Gasteiger partial charge in [0.25, 0.3) is 0 Å². The fourth-order valence-electron chi connectivity index (χ4n) is 3.24. The molecule has 136 valence electrons. The van der Waals surface area contributed by atoms with Gasteiger partial charge < -0.3 is 14.5 Å². The van der Waals surface area contributed by atoms with Crippen LogP contribution < -0.4 is 4.74 Å². The molecular weight excluding hydrogens is 320 g/mol. The number of ether oxygens (including phenoxy) is 1. The molecule has 1 aliphatic heterocycles. The van der Waals surface area contributed by atoms with Crippen molar-refractivity contribution in [2.75, 3.05) is 46.4 Å². The molecule has 1 saturated heterocycles. The monoisotopic (exact) mass is 352 g/mol. The van der Waals surface area contributed by atoms with E-state index in [-0.39, 0.29) is 12.4 Å². The Morgan fingerprint density at radius 3 is 2.29 bits per heavy atom. The van der Waals surface area contributed by atoms with E-state index in [0.717, 1.165) is 25.2 Å². The molecule has 0 unspecified atom stereocenters. The second-order valence-corrected chi connectivity index (χ2v) is 6.75. The Balaban J connectivity index is 0.00000288. The first-order valence-electron chi connectivity index (χ1n) is 8.85. The van der Waals surface area contributed by atoms with Gasteiger partial charge in [-0.15, -0.1) is 19.0 Å². The molecule has 1 fully saturated rings. The number of hydrogen-bond acceptors (Lipinski definition) is 3. The molecule has 0 radical (unpaired) electrons. The molecular formula is C20H33ClN2O. The number of benzene rings is 1. The maximum atomic E-state index is 6.05. The molecule has 1 aromatic rings. The number of halogens is 1. The lowest BCUT2D eigenvalue weighted by Gasteiger charge is -2.32. The maximum Gasteiger partial charge on any atom is 0.125 e. The zero-order valence-corrected chi connectivity index (χ0v) is 16.3. The minimum Gasteiger partial charge on any atom is -0.493 e. The van der Waals surface area contributed by atoms with E-state index in [2.05, 4.69) is 49.4 Å². The average Bonchev–Trinajstić information content (AvgIpc) is 2.51. The van der Waals surface area contributed by atoms with E-state index in [1.165, 1.54) is 55.8 Å². The summed E-state index contributed by atoms with van der Waals surface area (Å²) in [5.74, 6) is 1.07. The van der Waals surface area contributed by atoms with Crippen molar-refractivity contribution in [1.82, 2.24) is 9.80 Å². The van der Waals surface area contributed by atoms with Gasteiger partial charge >= 0.3 is 0 Å². The third-order valence-electron chi connectivity index (χ3n) is 4.61. The number of piperazine rings is 1. The Hall–Kier alpha value is -1.03. The Bertz CT molecular complexity index is 487. The number of nitrogens with zero attached hydrogens (tertiary/aromatic N) is 2. The first-order valence-corrected chi connectivity index (χ1v) is 8.85. The topological polar surface area (TPSA) is 15.7 Å². The molecule has 1 aliphatic rings. The van der Waals surface area contributed by atoms with Crippen LogP contribution in [-0.4, -0.2) is 56.2 Å². The van der Waals surface area contributed by atoms with Crippen molar-refractivity contribution in [2.24, 2.45) is 0 Å². The van der Waals surface area contributed by atoms with Crippen LogP contribution in [0.2, 0.25) is 0 Å². The Kier molecular flexibility index (Phi) is 9.42. The van der Waals surface area contributed by atoms with Crippen LogP contribution in [0.25, 0.3) is 0 Å². The van der Waals surface area contributed by atoms with Gasteiger partial charge in [-0.1, -0.05) is 18.2 Å². The van der Waals surface area contributed by atoms with Crippen molar-refractivity contribution >= 4 is 12.4 Å². The number of likely N-dealkylation sites (N-methyl/N-ethyl adjacent to an activating group) is 1. The summed E-state index contributed by atoms with van der Waals surface area (Å²) in [5.41, 5.74) is 3.79. The van der Waals surface area contributed by atoms with Crippen LogP contribution in [0.1, 0.15) is 29.5 Å². The van der Waals surface area contributed by atoms with Crippen LogP contribution in [0.3, 0.4) is 0 Å². The summed E-state index contributed by atoms with van der Waals surface area (Å²) in [6, 6.07) is 4.43. The van der Waals surface area contributed by atoms with E-state index in [0.29, 0.717) is 0 Å². The molecule has 0 aliphatic carbocycles. The third kappa shape index (κ3) is 6.46. The Labute approximate surface area is 154 Å². The molecule has 1 aromatic carbocycles. The Morgan fingerprint density at radius 2 is 1.71 bits per heavy atom. The fraction of sp³-hybridized carbons (Fsp3) is 0.600. The average molecular weight is 353 g/mol. The number of rotatable bonds is 8. The van der Waals surface area contributed by atoms with Gasteiger partial charge in [-0.2, -0.15) is 0 Å². The predicted molar refractivity (Wildman–Crippen MR) is 106 cm³/mol. The lowest BCUT2D eigenvalue weighted by molar-refractivity contribution is 0.149. The van der Waals surface area contributed by atoms with E-state index >= 15 is 0 Å². The normalized spacial score (nSPS) is 15.8. The van der Waals surface area contributed by atoms with Gasteiger partial charge in [-0.3, -0.25) is 0 Å². The second-order valence-electron chi connectivity index (χ2n) is 6.75. The molecule has 0 bridgehead atoms. The summed E-state index contributed by atoms with van der Waals surface area (Å²) in [7, 11) is 2.20. The van der Waals surface area contributed by atoms with Gasteiger partial charge in [0.05, 0.1) is 6.61 Å². The van der Waals surface area contributed by atoms with Crippen LogP contribution in [0, 0.1) is 13.8 Å². The van der Waals surface area contributed by atoms with Crippen LogP contribution >= 0.6 is 12.4 Å². The number of hydrogen-bond donors (Lipinski definition) is 0. The van der Waals surface area contributed by atoms with Crippen molar-refractivity contribution in [2.45, 2.75) is 33.1 Å². The molecule has 1 heterocycles. The lowest BCUT2D eigenvalue weighted by atomic mass is 10.0. The van der Waals surface area contributed by atoms with Crippen molar-refractivity contribution in [1.29, 1.82) is 0 Å². The summed E-state index contributed by atoms with van der Waals surface area (Å²) >= 11 is 0. The van der Waals surface area contributed by atoms with Gasteiger partial charge in [0.1, 0.15) is 5.75 Å². The third-order valence-corrected chi connectivity index (χ3v) is 4.61. The highest BCUT2D eigenvalue weighted by Gasteiger charge is 2.12. The predicted octanol–water partition coefficient (Wildman–Crippen LogP) is 3.86. The molecule has 0 saturated carbocycles. The van der Waals surface area contributed by atoms with Crippen molar-refractivity contribution in [3.8, 4) is 5.75 Å². The van der Waals surface area contributed by atoms with E-state index in [9.17, 15) is 0 Å². The van der Waals surface area contributed by atoms with E-state index in [1.807, 2.05) is 6.08 Å². The van der Waals surface area contributed by atoms with Crippen LogP contribution in [0.5, 0.6) is 5.75 Å². The highest BCUT2D eigenvalue weighted by molar-refractivity contribution is 5.85. The highest BCUT2D eigenvalue weighted by atomic mass is 35.5. The van der Waals surface area contributed by atoms with Crippen LogP contribution in [-0.2, 0) is 6.42 Å². The van der Waals surface area contributed by atoms with Gasteiger partial charge in [0.15, 0.2) is 0 Å². The number of unbranched alkanes of at least 4 members (excludes halogenated alkanes) is 1. The molecule has 0 spiro atoms. The van der Waals surface area contributed by atoms with Gasteiger partial charge in [0.2, 0.25) is 0 Å². The summed E-state index contributed by atoms with van der Waals surface area (Å²) in [6.45, 7) is 14.9. The van der Waals surface area contributed by atoms with Gasteiger partial charge in [0, 0.05) is 26.2 Å². The molecule has 3 nitrogen and oxygen atoms in total. The SMILES string of the molecule is C=CCc1cc(C)c(OCCCCN2CCN(C)CC2)c(C)c1.Cl. The summed E-state index contributed by atoms with van der Waals surface area (Å²) in [5, 5.41) is 0. The summed E-state index contributed by atoms with van der Waals surface area (Å²) < 4.78 is 6.05. The second kappa shape index (κ2) is 10.8. The minimum absolute atomic E-state index is 0. The molecule has 2 rings (SSSR count). The van der Waals surface area contributed by atoms with Crippen molar-refractivity contribution in [3.63, 3.8) is 0 Å². The van der Waals surface area contributed by atoms with Gasteiger partial charge in [-0.25, -0.2) is 0 Å². The van der Waals surface area contributed by atoms with Gasteiger partial charge in [-0.05, 0) is 63.4 Å². The summed E-state index contributed by atoms with van der Waals surface area (Å²) in [4.78, 5) is 4.97. The zero-order valence-electron chi connectivity index (χ0n) is 15.5. The standard InChI is InChI=1S/C20H32N2O.ClH/c1-5-8-19-15-17(2)20(18(3)16-19)23-14-7-6-9-22-12-10-21(4)11-13-22;/h5,15-16H,1,6-14H2,2-4H3;1H. The van der Waals surface area contributed by atoms with Crippen LogP contribution in [0.15, 0.2) is 24.8 Å².